The summed E-state index contributed by atoms with van der Waals surface area (Å²) in [4.78, 5) is 28.0. The van der Waals surface area contributed by atoms with Crippen molar-refractivity contribution in [2.45, 2.75) is 44.3 Å². The van der Waals surface area contributed by atoms with Crippen LogP contribution in [0.5, 0.6) is 0 Å². The minimum absolute atomic E-state index is 0.0182. The summed E-state index contributed by atoms with van der Waals surface area (Å²) < 4.78 is 0. The van der Waals surface area contributed by atoms with Crippen LogP contribution < -0.4 is 5.32 Å². The van der Waals surface area contributed by atoms with Gasteiger partial charge in [0, 0.05) is 22.5 Å². The number of rotatable bonds is 8. The van der Waals surface area contributed by atoms with Crippen LogP contribution in [0.4, 0.5) is 0 Å². The zero-order chi connectivity index (χ0) is 21.6. The molecule has 0 fully saturated rings. The van der Waals surface area contributed by atoms with E-state index < -0.39 is 6.04 Å². The molecule has 0 saturated heterocycles. The van der Waals surface area contributed by atoms with Crippen molar-refractivity contribution in [3.63, 3.8) is 0 Å². The zero-order valence-electron chi connectivity index (χ0n) is 16.4. The van der Waals surface area contributed by atoms with Crippen molar-refractivity contribution in [1.29, 1.82) is 0 Å². The summed E-state index contributed by atoms with van der Waals surface area (Å²) in [5.41, 5.74) is 0.799. The van der Waals surface area contributed by atoms with Crippen molar-refractivity contribution < 1.29 is 9.59 Å². The lowest BCUT2D eigenvalue weighted by Gasteiger charge is -2.29. The Hall–Kier alpha value is -1.40. The first-order valence-corrected chi connectivity index (χ1v) is 11.2. The van der Waals surface area contributed by atoms with E-state index in [2.05, 4.69) is 5.32 Å². The largest absolute Gasteiger partial charge is 0.352 e. The summed E-state index contributed by atoms with van der Waals surface area (Å²) in [7, 11) is 0. The second kappa shape index (κ2) is 11.1. The van der Waals surface area contributed by atoms with Crippen LogP contribution in [0.25, 0.3) is 0 Å². The third kappa shape index (κ3) is 7.41. The van der Waals surface area contributed by atoms with E-state index >= 15 is 0 Å². The molecular formula is C21H23Cl3N2O2S. The van der Waals surface area contributed by atoms with Gasteiger partial charge in [-0.3, -0.25) is 9.59 Å². The van der Waals surface area contributed by atoms with Gasteiger partial charge in [-0.15, -0.1) is 11.8 Å². The van der Waals surface area contributed by atoms with Gasteiger partial charge in [-0.05, 0) is 62.7 Å². The summed E-state index contributed by atoms with van der Waals surface area (Å²) in [6.45, 7) is 5.74. The van der Waals surface area contributed by atoms with Gasteiger partial charge in [0.25, 0.3) is 0 Å². The van der Waals surface area contributed by atoms with Crippen molar-refractivity contribution in [3.05, 3.63) is 63.1 Å². The normalized spacial score (nSPS) is 12.0. The Morgan fingerprint density at radius 1 is 1.00 bits per heavy atom. The number of halogens is 3. The minimum Gasteiger partial charge on any atom is -0.352 e. The number of nitrogens with zero attached hydrogens (tertiary/aromatic N) is 1. The Morgan fingerprint density at radius 3 is 2.24 bits per heavy atom. The van der Waals surface area contributed by atoms with E-state index in [0.29, 0.717) is 15.1 Å². The number of thioether (sulfide) groups is 1. The van der Waals surface area contributed by atoms with E-state index in [1.807, 2.05) is 26.0 Å². The maximum atomic E-state index is 13.0. The van der Waals surface area contributed by atoms with Gasteiger partial charge in [-0.2, -0.15) is 0 Å². The van der Waals surface area contributed by atoms with Gasteiger partial charge in [-0.1, -0.05) is 40.9 Å². The Balaban J connectivity index is 2.17. The van der Waals surface area contributed by atoms with Gasteiger partial charge in [0.05, 0.1) is 15.8 Å². The molecule has 29 heavy (non-hydrogen) atoms. The fraction of sp³-hybridized carbons (Fsp3) is 0.333. The van der Waals surface area contributed by atoms with E-state index in [-0.39, 0.29) is 30.2 Å². The Morgan fingerprint density at radius 2 is 1.66 bits per heavy atom. The van der Waals surface area contributed by atoms with Crippen LogP contribution in [0.3, 0.4) is 0 Å². The number of hydrogen-bond donors (Lipinski definition) is 1. The summed E-state index contributed by atoms with van der Waals surface area (Å²) in [6.07, 6.45) is 0. The molecule has 0 bridgehead atoms. The Bertz CT molecular complexity index is 860. The highest BCUT2D eigenvalue weighted by Gasteiger charge is 2.26. The van der Waals surface area contributed by atoms with Gasteiger partial charge in [0.2, 0.25) is 11.8 Å². The highest BCUT2D eigenvalue weighted by atomic mass is 35.5. The van der Waals surface area contributed by atoms with Crippen LogP contribution in [0, 0.1) is 0 Å². The van der Waals surface area contributed by atoms with E-state index in [4.69, 9.17) is 34.8 Å². The van der Waals surface area contributed by atoms with Crippen LogP contribution in [0.1, 0.15) is 26.3 Å². The van der Waals surface area contributed by atoms with Gasteiger partial charge >= 0.3 is 0 Å². The molecule has 0 radical (unpaired) electrons. The quantitative estimate of drug-likeness (QED) is 0.502. The average molecular weight is 474 g/mol. The average Bonchev–Trinajstić information content (AvgIpc) is 2.67. The molecule has 0 saturated carbocycles. The van der Waals surface area contributed by atoms with E-state index in [1.54, 1.807) is 42.2 Å². The third-order valence-corrected chi connectivity index (χ3v) is 6.10. The summed E-state index contributed by atoms with van der Waals surface area (Å²) >= 11 is 19.4. The molecule has 2 aromatic carbocycles. The standard InChI is InChI=1S/C21H23Cl3N2O2S/c1-13(2)25-21(28)14(3)26(11-15-4-9-18(23)19(24)10-15)20(27)12-29-17-7-5-16(22)6-8-17/h4-10,13-14H,11-12H2,1-3H3,(H,25,28)/t14-/m1/s1. The summed E-state index contributed by atoms with van der Waals surface area (Å²) in [5, 5.41) is 4.35. The first-order valence-electron chi connectivity index (χ1n) is 9.09. The second-order valence-corrected chi connectivity index (χ2v) is 9.15. The van der Waals surface area contributed by atoms with Crippen molar-refractivity contribution in [2.24, 2.45) is 0 Å². The molecule has 1 N–H and O–H groups in total. The smallest absolute Gasteiger partial charge is 0.242 e. The molecule has 2 amide bonds. The van der Waals surface area contributed by atoms with Crippen LogP contribution in [0.2, 0.25) is 15.1 Å². The molecule has 0 aromatic heterocycles. The third-order valence-electron chi connectivity index (χ3n) is 4.11. The predicted octanol–water partition coefficient (Wildman–Crippen LogP) is 5.68. The molecular weight excluding hydrogens is 451 g/mol. The van der Waals surface area contributed by atoms with Gasteiger partial charge < -0.3 is 10.2 Å². The monoisotopic (exact) mass is 472 g/mol. The topological polar surface area (TPSA) is 49.4 Å². The molecule has 0 unspecified atom stereocenters. The van der Waals surface area contributed by atoms with E-state index in [9.17, 15) is 9.59 Å². The Kier molecular flexibility index (Phi) is 9.15. The molecule has 0 aliphatic rings. The number of hydrogen-bond acceptors (Lipinski definition) is 3. The van der Waals surface area contributed by atoms with Crippen LogP contribution in [-0.2, 0) is 16.1 Å². The SMILES string of the molecule is CC(C)NC(=O)[C@@H](C)N(Cc1ccc(Cl)c(Cl)c1)C(=O)CSc1ccc(Cl)cc1. The fourth-order valence-corrected chi connectivity index (χ4v) is 3.81. The summed E-state index contributed by atoms with van der Waals surface area (Å²) in [5.74, 6) is -0.158. The van der Waals surface area contributed by atoms with Crippen molar-refractivity contribution in [1.82, 2.24) is 10.2 Å². The lowest BCUT2D eigenvalue weighted by molar-refractivity contribution is -0.138. The first-order chi connectivity index (χ1) is 13.7. The maximum Gasteiger partial charge on any atom is 0.242 e. The fourth-order valence-electron chi connectivity index (χ4n) is 2.58. The zero-order valence-corrected chi connectivity index (χ0v) is 19.5. The second-order valence-electron chi connectivity index (χ2n) is 6.85. The summed E-state index contributed by atoms with van der Waals surface area (Å²) in [6, 6.07) is 11.8. The molecule has 4 nitrogen and oxygen atoms in total. The molecule has 2 rings (SSSR count). The minimum atomic E-state index is -0.634. The number of carbonyl (C=O) groups is 2. The molecule has 156 valence electrons. The van der Waals surface area contributed by atoms with Crippen LogP contribution in [0.15, 0.2) is 47.4 Å². The highest BCUT2D eigenvalue weighted by Crippen LogP contribution is 2.25. The Labute approximate surface area is 190 Å². The van der Waals surface area contributed by atoms with E-state index in [1.165, 1.54) is 11.8 Å². The highest BCUT2D eigenvalue weighted by molar-refractivity contribution is 8.00. The van der Waals surface area contributed by atoms with Crippen LogP contribution in [-0.4, -0.2) is 34.6 Å². The molecule has 8 heteroatoms. The first kappa shape index (κ1) is 23.9. The molecule has 0 aliphatic carbocycles. The van der Waals surface area contributed by atoms with Crippen molar-refractivity contribution in [2.75, 3.05) is 5.75 Å². The van der Waals surface area contributed by atoms with Crippen molar-refractivity contribution in [3.8, 4) is 0 Å². The molecule has 0 heterocycles. The van der Waals surface area contributed by atoms with Gasteiger partial charge in [0.15, 0.2) is 0 Å². The van der Waals surface area contributed by atoms with Crippen molar-refractivity contribution >= 4 is 58.4 Å². The maximum absolute atomic E-state index is 13.0. The molecule has 0 spiro atoms. The van der Waals surface area contributed by atoms with Crippen LogP contribution >= 0.6 is 46.6 Å². The number of carbonyl (C=O) groups excluding carboxylic acids is 2. The predicted molar refractivity (Wildman–Crippen MR) is 122 cm³/mol. The number of benzene rings is 2. The van der Waals surface area contributed by atoms with E-state index in [0.717, 1.165) is 10.5 Å². The lowest BCUT2D eigenvalue weighted by Crippen LogP contribution is -2.49. The number of amides is 2. The van der Waals surface area contributed by atoms with Gasteiger partial charge in [-0.25, -0.2) is 0 Å². The molecule has 0 aliphatic heterocycles. The molecule has 2 aromatic rings. The molecule has 1 atom stereocenters. The lowest BCUT2D eigenvalue weighted by atomic mass is 10.1. The van der Waals surface area contributed by atoms with Gasteiger partial charge in [0.1, 0.15) is 6.04 Å². The number of nitrogens with one attached hydrogen (secondary N) is 1.